The first-order chi connectivity index (χ1) is 9.24. The molecule has 2 nitrogen and oxygen atoms in total. The lowest BCUT2D eigenvalue weighted by molar-refractivity contribution is 0.169. The third-order valence-corrected chi connectivity index (χ3v) is 6.33. The largest absolute Gasteiger partial charge is 0.392 e. The van der Waals surface area contributed by atoms with Crippen LogP contribution >= 0.6 is 11.8 Å². The number of thioether (sulfide) groups is 1. The standard InChI is InChI=1S/C16H31NOS/c17-14-6-4-5-13(11-14)9-10-15(18)12-19-16-7-2-1-3-8-16/h13-16,18H,1-12,17H2. The van der Waals surface area contributed by atoms with Gasteiger partial charge in [0.2, 0.25) is 0 Å². The highest BCUT2D eigenvalue weighted by atomic mass is 32.2. The van der Waals surface area contributed by atoms with Crippen molar-refractivity contribution >= 4 is 11.8 Å². The van der Waals surface area contributed by atoms with Crippen LogP contribution in [0, 0.1) is 5.92 Å². The molecule has 3 heteroatoms. The van der Waals surface area contributed by atoms with E-state index in [0.29, 0.717) is 6.04 Å². The van der Waals surface area contributed by atoms with Gasteiger partial charge < -0.3 is 10.8 Å². The second kappa shape index (κ2) is 8.53. The summed E-state index contributed by atoms with van der Waals surface area (Å²) in [6, 6.07) is 0.424. The van der Waals surface area contributed by atoms with E-state index in [0.717, 1.165) is 23.3 Å². The van der Waals surface area contributed by atoms with Crippen LogP contribution in [-0.4, -0.2) is 28.3 Å². The highest BCUT2D eigenvalue weighted by Crippen LogP contribution is 2.30. The molecule has 0 radical (unpaired) electrons. The van der Waals surface area contributed by atoms with Crippen molar-refractivity contribution in [1.82, 2.24) is 0 Å². The predicted molar refractivity (Wildman–Crippen MR) is 84.5 cm³/mol. The van der Waals surface area contributed by atoms with Crippen LogP contribution in [0.25, 0.3) is 0 Å². The lowest BCUT2D eigenvalue weighted by Gasteiger charge is -2.27. The van der Waals surface area contributed by atoms with Crippen LogP contribution in [0.15, 0.2) is 0 Å². The van der Waals surface area contributed by atoms with E-state index in [2.05, 4.69) is 0 Å². The molecular weight excluding hydrogens is 254 g/mol. The lowest BCUT2D eigenvalue weighted by Crippen LogP contribution is -2.28. The van der Waals surface area contributed by atoms with Gasteiger partial charge in [0, 0.05) is 17.0 Å². The summed E-state index contributed by atoms with van der Waals surface area (Å²) in [4.78, 5) is 0. The maximum atomic E-state index is 10.1. The third-order valence-electron chi connectivity index (χ3n) is 4.81. The lowest BCUT2D eigenvalue weighted by atomic mass is 9.83. The van der Waals surface area contributed by atoms with E-state index in [4.69, 9.17) is 5.73 Å². The van der Waals surface area contributed by atoms with Crippen molar-refractivity contribution in [3.05, 3.63) is 0 Å². The highest BCUT2D eigenvalue weighted by Gasteiger charge is 2.20. The molecule has 0 heterocycles. The Morgan fingerprint density at radius 2 is 1.84 bits per heavy atom. The van der Waals surface area contributed by atoms with Gasteiger partial charge >= 0.3 is 0 Å². The van der Waals surface area contributed by atoms with Gasteiger partial charge in [-0.1, -0.05) is 32.1 Å². The Kier molecular flexibility index (Phi) is 7.03. The van der Waals surface area contributed by atoms with Crippen LogP contribution in [-0.2, 0) is 0 Å². The summed E-state index contributed by atoms with van der Waals surface area (Å²) in [6.07, 6.45) is 14.0. The van der Waals surface area contributed by atoms with Crippen molar-refractivity contribution in [2.75, 3.05) is 5.75 Å². The fourth-order valence-electron chi connectivity index (χ4n) is 3.59. The van der Waals surface area contributed by atoms with E-state index in [1.54, 1.807) is 0 Å². The van der Waals surface area contributed by atoms with Crippen LogP contribution in [0.4, 0.5) is 0 Å². The summed E-state index contributed by atoms with van der Waals surface area (Å²) < 4.78 is 0. The molecule has 0 saturated heterocycles. The van der Waals surface area contributed by atoms with E-state index in [9.17, 15) is 5.11 Å². The van der Waals surface area contributed by atoms with Gasteiger partial charge in [-0.2, -0.15) is 11.8 Å². The van der Waals surface area contributed by atoms with E-state index in [1.165, 1.54) is 64.2 Å². The summed E-state index contributed by atoms with van der Waals surface area (Å²) in [5.41, 5.74) is 6.02. The molecule has 3 unspecified atom stereocenters. The van der Waals surface area contributed by atoms with Gasteiger partial charge in [-0.15, -0.1) is 0 Å². The zero-order chi connectivity index (χ0) is 13.5. The number of hydrogen-bond donors (Lipinski definition) is 2. The molecule has 0 bridgehead atoms. The molecule has 2 rings (SSSR count). The fourth-order valence-corrected chi connectivity index (χ4v) is 4.91. The van der Waals surface area contributed by atoms with Crippen LogP contribution in [0.5, 0.6) is 0 Å². The van der Waals surface area contributed by atoms with Crippen molar-refractivity contribution in [1.29, 1.82) is 0 Å². The zero-order valence-corrected chi connectivity index (χ0v) is 13.0. The topological polar surface area (TPSA) is 46.2 Å². The molecule has 3 atom stereocenters. The molecule has 2 aliphatic rings. The quantitative estimate of drug-likeness (QED) is 0.782. The second-order valence-corrected chi connectivity index (χ2v) is 7.95. The molecule has 0 amide bonds. The van der Waals surface area contributed by atoms with Crippen LogP contribution in [0.1, 0.15) is 70.6 Å². The molecule has 0 spiro atoms. The Hall–Kier alpha value is 0.270. The monoisotopic (exact) mass is 285 g/mol. The highest BCUT2D eigenvalue weighted by molar-refractivity contribution is 7.99. The first-order valence-corrected chi connectivity index (χ1v) is 9.34. The van der Waals surface area contributed by atoms with Gasteiger partial charge in [0.15, 0.2) is 0 Å². The minimum Gasteiger partial charge on any atom is -0.392 e. The summed E-state index contributed by atoms with van der Waals surface area (Å²) in [7, 11) is 0. The number of hydrogen-bond acceptors (Lipinski definition) is 3. The van der Waals surface area contributed by atoms with Crippen LogP contribution in [0.3, 0.4) is 0 Å². The van der Waals surface area contributed by atoms with Crippen LogP contribution < -0.4 is 5.73 Å². The van der Waals surface area contributed by atoms with E-state index in [-0.39, 0.29) is 6.10 Å². The van der Waals surface area contributed by atoms with Crippen molar-refractivity contribution in [3.8, 4) is 0 Å². The SMILES string of the molecule is NC1CCCC(CCC(O)CSC2CCCCC2)C1. The van der Waals surface area contributed by atoms with Crippen molar-refractivity contribution in [3.63, 3.8) is 0 Å². The zero-order valence-electron chi connectivity index (χ0n) is 12.2. The summed E-state index contributed by atoms with van der Waals surface area (Å²) in [5, 5.41) is 10.9. The normalized spacial score (nSPS) is 31.3. The Labute approximate surface area is 122 Å². The van der Waals surface area contributed by atoms with Gasteiger partial charge in [0.1, 0.15) is 0 Å². The second-order valence-electron chi connectivity index (χ2n) is 6.62. The summed E-state index contributed by atoms with van der Waals surface area (Å²) >= 11 is 2.02. The van der Waals surface area contributed by atoms with Crippen LogP contribution in [0.2, 0.25) is 0 Å². The third kappa shape index (κ3) is 6.05. The number of aliphatic hydroxyl groups excluding tert-OH is 1. The molecule has 0 aromatic rings. The Balaban J connectivity index is 1.54. The first kappa shape index (κ1) is 15.7. The molecule has 3 N–H and O–H groups in total. The van der Waals surface area contributed by atoms with Gasteiger partial charge in [-0.25, -0.2) is 0 Å². The van der Waals surface area contributed by atoms with Gasteiger partial charge in [0.05, 0.1) is 6.10 Å². The summed E-state index contributed by atoms with van der Waals surface area (Å²) in [6.45, 7) is 0. The van der Waals surface area contributed by atoms with E-state index in [1.807, 2.05) is 11.8 Å². The maximum Gasteiger partial charge on any atom is 0.0630 e. The van der Waals surface area contributed by atoms with E-state index < -0.39 is 0 Å². The number of rotatable bonds is 6. The molecular formula is C16H31NOS. The Morgan fingerprint density at radius 3 is 2.58 bits per heavy atom. The van der Waals surface area contributed by atoms with Crippen molar-refractivity contribution < 1.29 is 5.11 Å². The van der Waals surface area contributed by atoms with Gasteiger partial charge in [-0.05, 0) is 44.4 Å². The average molecular weight is 285 g/mol. The number of nitrogens with two attached hydrogens (primary N) is 1. The molecule has 0 aromatic heterocycles. The summed E-state index contributed by atoms with van der Waals surface area (Å²) in [5.74, 6) is 1.72. The molecule has 2 saturated carbocycles. The molecule has 19 heavy (non-hydrogen) atoms. The Morgan fingerprint density at radius 1 is 1.05 bits per heavy atom. The van der Waals surface area contributed by atoms with Gasteiger partial charge in [0.25, 0.3) is 0 Å². The average Bonchev–Trinajstić information content (AvgIpc) is 2.44. The minimum atomic E-state index is -0.0925. The molecule has 112 valence electrons. The molecule has 2 fully saturated rings. The van der Waals surface area contributed by atoms with Crippen molar-refractivity contribution in [2.24, 2.45) is 11.7 Å². The molecule has 0 aliphatic heterocycles. The minimum absolute atomic E-state index is 0.0925. The Bertz CT molecular complexity index is 243. The first-order valence-electron chi connectivity index (χ1n) is 8.29. The number of aliphatic hydroxyl groups is 1. The van der Waals surface area contributed by atoms with E-state index >= 15 is 0 Å². The molecule has 2 aliphatic carbocycles. The molecule has 0 aromatic carbocycles. The smallest absolute Gasteiger partial charge is 0.0630 e. The maximum absolute atomic E-state index is 10.1. The van der Waals surface area contributed by atoms with Crippen molar-refractivity contribution in [2.45, 2.75) is 88.0 Å². The van der Waals surface area contributed by atoms with Gasteiger partial charge in [-0.3, -0.25) is 0 Å². The predicted octanol–water partition coefficient (Wildman–Crippen LogP) is 3.71. The fraction of sp³-hybridized carbons (Fsp3) is 1.00.